The number of ketones is 1. The summed E-state index contributed by atoms with van der Waals surface area (Å²) in [6.07, 6.45) is 1.88. The summed E-state index contributed by atoms with van der Waals surface area (Å²) in [7, 11) is 1.88. The number of aromatic nitrogens is 5. The van der Waals surface area contributed by atoms with Crippen molar-refractivity contribution >= 4 is 50.9 Å². The minimum Gasteiger partial charge on any atom is -0.348 e. The maximum atomic E-state index is 12.7. The Hall–Kier alpha value is -2.88. The molecule has 0 unspecified atom stereocenters. The van der Waals surface area contributed by atoms with Crippen LogP contribution in [0.3, 0.4) is 0 Å². The quantitative estimate of drug-likeness (QED) is 0.199. The third-order valence-corrected chi connectivity index (χ3v) is 8.28. The minimum absolute atomic E-state index is 0.0761. The normalized spacial score (nSPS) is 11.3. The zero-order valence-electron chi connectivity index (χ0n) is 17.9. The molecule has 0 fully saturated rings. The Balaban J connectivity index is 1.35. The van der Waals surface area contributed by atoms with E-state index < -0.39 is 0 Å². The van der Waals surface area contributed by atoms with E-state index in [1.54, 1.807) is 23.1 Å². The van der Waals surface area contributed by atoms with Gasteiger partial charge in [0, 0.05) is 13.2 Å². The number of para-hydroxylation sites is 1. The van der Waals surface area contributed by atoms with E-state index in [0.29, 0.717) is 23.7 Å². The van der Waals surface area contributed by atoms with Gasteiger partial charge in [-0.25, -0.2) is 4.98 Å². The Kier molecular flexibility index (Phi) is 6.61. The number of hydrogen-bond acceptors (Lipinski definition) is 7. The van der Waals surface area contributed by atoms with Crippen LogP contribution in [0.4, 0.5) is 0 Å². The van der Waals surface area contributed by atoms with Gasteiger partial charge in [0.15, 0.2) is 15.3 Å². The van der Waals surface area contributed by atoms with Crippen LogP contribution in [0.1, 0.15) is 21.9 Å². The van der Waals surface area contributed by atoms with E-state index in [9.17, 15) is 4.79 Å². The molecule has 0 bridgehead atoms. The summed E-state index contributed by atoms with van der Waals surface area (Å²) >= 11 is 4.79. The summed E-state index contributed by atoms with van der Waals surface area (Å²) < 4.78 is 6.15. The van der Waals surface area contributed by atoms with Crippen LogP contribution in [0, 0.1) is 0 Å². The first-order chi connectivity index (χ1) is 16.2. The lowest BCUT2D eigenvalue weighted by Gasteiger charge is -2.10. The van der Waals surface area contributed by atoms with E-state index in [-0.39, 0.29) is 5.78 Å². The molecule has 3 heterocycles. The van der Waals surface area contributed by atoms with Gasteiger partial charge in [-0.2, -0.15) is 0 Å². The fraction of sp³-hybridized carbons (Fsp3) is 0.167. The molecule has 0 aliphatic heterocycles. The van der Waals surface area contributed by atoms with Crippen molar-refractivity contribution in [1.82, 2.24) is 24.3 Å². The highest BCUT2D eigenvalue weighted by molar-refractivity contribution is 8.00. The van der Waals surface area contributed by atoms with Crippen LogP contribution in [0.5, 0.6) is 0 Å². The van der Waals surface area contributed by atoms with E-state index in [2.05, 4.69) is 33.0 Å². The van der Waals surface area contributed by atoms with Crippen molar-refractivity contribution in [2.45, 2.75) is 21.8 Å². The van der Waals surface area contributed by atoms with Crippen LogP contribution in [-0.2, 0) is 19.3 Å². The molecule has 0 aliphatic rings. The lowest BCUT2D eigenvalue weighted by molar-refractivity contribution is 0.101. The molecule has 0 radical (unpaired) electrons. The summed E-state index contributed by atoms with van der Waals surface area (Å²) in [6, 6.07) is 22.1. The highest BCUT2D eigenvalue weighted by atomic mass is 32.2. The standard InChI is InChI=1S/C24H21N5OS3/c1-28-13-7-11-19(28)20(30)15-31-23-27-26-22(29(23)14-17-8-3-2-4-9-17)16-32-24-25-18-10-5-6-12-21(18)33-24/h2-13H,14-16H2,1H3. The largest absolute Gasteiger partial charge is 0.348 e. The van der Waals surface area contributed by atoms with E-state index in [0.717, 1.165) is 20.8 Å². The number of fused-ring (bicyclic) bond motifs is 1. The number of carbonyl (C=O) groups is 1. The maximum absolute atomic E-state index is 12.7. The predicted octanol–water partition coefficient (Wildman–Crippen LogP) is 5.54. The third-order valence-electron chi connectivity index (χ3n) is 5.14. The highest BCUT2D eigenvalue weighted by Gasteiger charge is 2.17. The summed E-state index contributed by atoms with van der Waals surface area (Å²) in [5.74, 6) is 1.92. The van der Waals surface area contributed by atoms with Gasteiger partial charge in [-0.1, -0.05) is 66.0 Å². The SMILES string of the molecule is Cn1cccc1C(=O)CSc1nnc(CSc2nc3ccccc3s2)n1Cc1ccccc1. The number of benzene rings is 2. The number of aryl methyl sites for hydroxylation is 1. The first-order valence-corrected chi connectivity index (χ1v) is 13.2. The Bertz CT molecular complexity index is 1360. The molecule has 0 N–H and O–H groups in total. The van der Waals surface area contributed by atoms with E-state index >= 15 is 0 Å². The van der Waals surface area contributed by atoms with Crippen molar-refractivity contribution < 1.29 is 4.79 Å². The molecule has 5 rings (SSSR count). The number of Topliss-reactive ketones (excluding diaryl/α,β-unsaturated/α-hetero) is 1. The minimum atomic E-state index is 0.0761. The van der Waals surface area contributed by atoms with Crippen LogP contribution in [0.2, 0.25) is 0 Å². The Morgan fingerprint density at radius 2 is 1.79 bits per heavy atom. The molecule has 3 aromatic heterocycles. The Morgan fingerprint density at radius 3 is 2.58 bits per heavy atom. The molecule has 6 nitrogen and oxygen atoms in total. The molecule has 5 aromatic rings. The molecule has 33 heavy (non-hydrogen) atoms. The summed E-state index contributed by atoms with van der Waals surface area (Å²) in [6.45, 7) is 0.657. The topological polar surface area (TPSA) is 65.6 Å². The summed E-state index contributed by atoms with van der Waals surface area (Å²) in [5, 5.41) is 9.65. The van der Waals surface area contributed by atoms with Crippen molar-refractivity contribution in [2.24, 2.45) is 7.05 Å². The smallest absolute Gasteiger partial charge is 0.191 e. The van der Waals surface area contributed by atoms with E-state index in [4.69, 9.17) is 4.98 Å². The molecule has 9 heteroatoms. The maximum Gasteiger partial charge on any atom is 0.191 e. The number of thiazole rings is 1. The average molecular weight is 492 g/mol. The van der Waals surface area contributed by atoms with Gasteiger partial charge in [-0.05, 0) is 29.8 Å². The van der Waals surface area contributed by atoms with Gasteiger partial charge in [0.25, 0.3) is 0 Å². The van der Waals surface area contributed by atoms with Crippen LogP contribution in [0.25, 0.3) is 10.2 Å². The van der Waals surface area contributed by atoms with Gasteiger partial charge in [0.2, 0.25) is 0 Å². The molecule has 2 aromatic carbocycles. The first kappa shape index (κ1) is 21.9. The molecule has 0 atom stereocenters. The Labute approximate surface area is 204 Å². The molecule has 0 saturated heterocycles. The van der Waals surface area contributed by atoms with Gasteiger partial charge in [-0.3, -0.25) is 4.79 Å². The second-order valence-corrected chi connectivity index (χ2v) is 10.6. The Morgan fingerprint density at radius 1 is 0.970 bits per heavy atom. The molecule has 0 saturated carbocycles. The van der Waals surface area contributed by atoms with Crippen LogP contribution >= 0.6 is 34.9 Å². The number of hydrogen-bond donors (Lipinski definition) is 0. The lowest BCUT2D eigenvalue weighted by atomic mass is 10.2. The van der Waals surface area contributed by atoms with Crippen molar-refractivity contribution in [2.75, 3.05) is 5.75 Å². The molecule has 0 amide bonds. The predicted molar refractivity (Wildman–Crippen MR) is 135 cm³/mol. The van der Waals surface area contributed by atoms with Crippen LogP contribution < -0.4 is 0 Å². The number of carbonyl (C=O) groups excluding carboxylic acids is 1. The second kappa shape index (κ2) is 9.94. The average Bonchev–Trinajstić information content (AvgIpc) is 3.55. The molecular formula is C24H21N5OS3. The second-order valence-electron chi connectivity index (χ2n) is 7.42. The number of nitrogens with zero attached hydrogens (tertiary/aromatic N) is 5. The van der Waals surface area contributed by atoms with Gasteiger partial charge >= 0.3 is 0 Å². The zero-order valence-corrected chi connectivity index (χ0v) is 20.4. The first-order valence-electron chi connectivity index (χ1n) is 10.4. The monoisotopic (exact) mass is 491 g/mol. The molecule has 166 valence electrons. The highest BCUT2D eigenvalue weighted by Crippen LogP contribution is 2.32. The van der Waals surface area contributed by atoms with Gasteiger partial charge < -0.3 is 9.13 Å². The van der Waals surface area contributed by atoms with Gasteiger partial charge in [-0.15, -0.1) is 21.5 Å². The van der Waals surface area contributed by atoms with Crippen molar-refractivity contribution in [1.29, 1.82) is 0 Å². The number of rotatable bonds is 9. The number of thioether (sulfide) groups is 2. The summed E-state index contributed by atoms with van der Waals surface area (Å²) in [5.41, 5.74) is 2.88. The third kappa shape index (κ3) is 5.05. The van der Waals surface area contributed by atoms with Crippen LogP contribution in [0.15, 0.2) is 82.4 Å². The lowest BCUT2D eigenvalue weighted by Crippen LogP contribution is -2.10. The molecule has 0 spiro atoms. The van der Waals surface area contributed by atoms with Gasteiger partial charge in [0.05, 0.1) is 34.0 Å². The zero-order chi connectivity index (χ0) is 22.6. The van der Waals surface area contributed by atoms with Crippen molar-refractivity contribution in [3.05, 3.63) is 90.0 Å². The van der Waals surface area contributed by atoms with E-state index in [1.165, 1.54) is 22.0 Å². The van der Waals surface area contributed by atoms with Crippen molar-refractivity contribution in [3.8, 4) is 0 Å². The molecule has 0 aliphatic carbocycles. The van der Waals surface area contributed by atoms with Crippen LogP contribution in [-0.4, -0.2) is 35.9 Å². The van der Waals surface area contributed by atoms with E-state index in [1.807, 2.05) is 66.3 Å². The fourth-order valence-corrected chi connectivity index (χ4v) is 6.29. The fourth-order valence-electron chi connectivity index (χ4n) is 3.45. The van der Waals surface area contributed by atoms with Gasteiger partial charge in [0.1, 0.15) is 5.82 Å². The molecular weight excluding hydrogens is 470 g/mol. The summed E-state index contributed by atoms with van der Waals surface area (Å²) in [4.78, 5) is 17.4. The van der Waals surface area contributed by atoms with Crippen molar-refractivity contribution in [3.63, 3.8) is 0 Å².